The molecule has 1 fully saturated rings. The van der Waals surface area contributed by atoms with Crippen LogP contribution in [0.1, 0.15) is 49.9 Å². The highest BCUT2D eigenvalue weighted by Gasteiger charge is 2.41. The molecule has 2 aliphatic rings. The molecule has 4 rings (SSSR count). The quantitative estimate of drug-likeness (QED) is 0.849. The molecule has 27 heavy (non-hydrogen) atoms. The second-order valence-corrected chi connectivity index (χ2v) is 8.43. The van der Waals surface area contributed by atoms with Gasteiger partial charge >= 0.3 is 0 Å². The van der Waals surface area contributed by atoms with Gasteiger partial charge in [0.1, 0.15) is 12.1 Å². The van der Waals surface area contributed by atoms with Gasteiger partial charge in [0.25, 0.3) is 0 Å². The Morgan fingerprint density at radius 1 is 1.19 bits per heavy atom. The highest BCUT2D eigenvalue weighted by molar-refractivity contribution is 5.47. The molecule has 5 heteroatoms. The van der Waals surface area contributed by atoms with E-state index < -0.39 is 0 Å². The predicted octanol–water partition coefficient (Wildman–Crippen LogP) is 3.45. The molecule has 5 nitrogen and oxygen atoms in total. The van der Waals surface area contributed by atoms with Gasteiger partial charge in [-0.05, 0) is 51.6 Å². The molecular formula is C22H30N4O. The average molecular weight is 367 g/mol. The highest BCUT2D eigenvalue weighted by atomic mass is 16.5. The standard InChI is InChI=1S/C22H30N4O/c1-21(2)15-22(10-13-27-21,17-6-4-3-5-7-17)9-12-24-20-18-8-11-23-14-19(18)25-16-26-20/h3-7,16,23H,8-15H2,1-2H3,(H,24,25,26). The first kappa shape index (κ1) is 18.4. The maximum Gasteiger partial charge on any atom is 0.132 e. The summed E-state index contributed by atoms with van der Waals surface area (Å²) >= 11 is 0. The lowest BCUT2D eigenvalue weighted by Gasteiger charge is -2.45. The zero-order valence-electron chi connectivity index (χ0n) is 16.4. The van der Waals surface area contributed by atoms with Gasteiger partial charge in [-0.15, -0.1) is 0 Å². The van der Waals surface area contributed by atoms with Crippen LogP contribution in [-0.4, -0.2) is 35.3 Å². The molecular weight excluding hydrogens is 336 g/mol. The zero-order valence-corrected chi connectivity index (χ0v) is 16.4. The number of hydrogen-bond acceptors (Lipinski definition) is 5. The average Bonchev–Trinajstić information content (AvgIpc) is 2.68. The van der Waals surface area contributed by atoms with Gasteiger partial charge in [0, 0.05) is 30.7 Å². The number of benzene rings is 1. The molecule has 0 spiro atoms. The van der Waals surface area contributed by atoms with E-state index in [1.54, 1.807) is 6.33 Å². The summed E-state index contributed by atoms with van der Waals surface area (Å²) in [6.45, 7) is 7.98. The third-order valence-corrected chi connectivity index (χ3v) is 6.00. The highest BCUT2D eigenvalue weighted by Crippen LogP contribution is 2.44. The van der Waals surface area contributed by atoms with Crippen LogP contribution in [0.2, 0.25) is 0 Å². The van der Waals surface area contributed by atoms with Gasteiger partial charge in [0.05, 0.1) is 11.3 Å². The molecule has 2 aliphatic heterocycles. The molecule has 0 radical (unpaired) electrons. The van der Waals surface area contributed by atoms with E-state index in [1.807, 2.05) is 0 Å². The van der Waals surface area contributed by atoms with E-state index in [9.17, 15) is 0 Å². The fraction of sp³-hybridized carbons (Fsp3) is 0.545. The lowest BCUT2D eigenvalue weighted by atomic mass is 9.67. The lowest BCUT2D eigenvalue weighted by Crippen LogP contribution is -2.45. The van der Waals surface area contributed by atoms with Crippen LogP contribution in [0.15, 0.2) is 36.7 Å². The maximum absolute atomic E-state index is 6.03. The predicted molar refractivity (Wildman–Crippen MR) is 108 cm³/mol. The van der Waals surface area contributed by atoms with Gasteiger partial charge in [0.2, 0.25) is 0 Å². The Labute approximate surface area is 162 Å². The molecule has 0 aliphatic carbocycles. The second kappa shape index (κ2) is 7.56. The summed E-state index contributed by atoms with van der Waals surface area (Å²) in [5.41, 5.74) is 3.89. The van der Waals surface area contributed by atoms with E-state index in [-0.39, 0.29) is 11.0 Å². The summed E-state index contributed by atoms with van der Waals surface area (Å²) < 4.78 is 6.03. The van der Waals surface area contributed by atoms with Crippen LogP contribution >= 0.6 is 0 Å². The smallest absolute Gasteiger partial charge is 0.132 e. The van der Waals surface area contributed by atoms with Gasteiger partial charge in [-0.1, -0.05) is 30.3 Å². The Morgan fingerprint density at radius 3 is 2.85 bits per heavy atom. The Bertz CT molecular complexity index is 777. The molecule has 1 aromatic heterocycles. The minimum Gasteiger partial charge on any atom is -0.376 e. The second-order valence-electron chi connectivity index (χ2n) is 8.43. The summed E-state index contributed by atoms with van der Waals surface area (Å²) in [6, 6.07) is 11.0. The van der Waals surface area contributed by atoms with Crippen molar-refractivity contribution in [3.8, 4) is 0 Å². The van der Waals surface area contributed by atoms with Crippen molar-refractivity contribution in [2.45, 2.75) is 57.1 Å². The first-order chi connectivity index (χ1) is 13.1. The lowest BCUT2D eigenvalue weighted by molar-refractivity contribution is -0.0835. The van der Waals surface area contributed by atoms with Crippen molar-refractivity contribution in [2.75, 3.05) is 25.0 Å². The molecule has 2 N–H and O–H groups in total. The molecule has 1 unspecified atom stereocenters. The van der Waals surface area contributed by atoms with E-state index in [4.69, 9.17) is 4.74 Å². The van der Waals surface area contributed by atoms with Crippen molar-refractivity contribution in [1.82, 2.24) is 15.3 Å². The maximum atomic E-state index is 6.03. The minimum atomic E-state index is -0.0894. The van der Waals surface area contributed by atoms with Crippen LogP contribution < -0.4 is 10.6 Å². The van der Waals surface area contributed by atoms with Crippen LogP contribution in [0.25, 0.3) is 0 Å². The molecule has 0 amide bonds. The van der Waals surface area contributed by atoms with Crippen molar-refractivity contribution in [2.24, 2.45) is 0 Å². The number of aromatic nitrogens is 2. The number of anilines is 1. The third-order valence-electron chi connectivity index (χ3n) is 6.00. The van der Waals surface area contributed by atoms with Gasteiger partial charge in [-0.25, -0.2) is 9.97 Å². The van der Waals surface area contributed by atoms with Gasteiger partial charge in [-0.2, -0.15) is 0 Å². The van der Waals surface area contributed by atoms with Crippen LogP contribution in [0.4, 0.5) is 5.82 Å². The third kappa shape index (κ3) is 3.99. The summed E-state index contributed by atoms with van der Waals surface area (Å²) in [7, 11) is 0. The number of hydrogen-bond donors (Lipinski definition) is 2. The normalized spacial score (nSPS) is 24.2. The number of nitrogens with zero attached hydrogens (tertiary/aromatic N) is 2. The molecule has 144 valence electrons. The molecule has 1 atom stereocenters. The Morgan fingerprint density at radius 2 is 2.04 bits per heavy atom. The van der Waals surface area contributed by atoms with Crippen molar-refractivity contribution in [1.29, 1.82) is 0 Å². The molecule has 1 saturated heterocycles. The van der Waals surface area contributed by atoms with Crippen LogP contribution in [-0.2, 0) is 23.1 Å². The van der Waals surface area contributed by atoms with Crippen LogP contribution in [0.3, 0.4) is 0 Å². The van der Waals surface area contributed by atoms with Gasteiger partial charge in [-0.3, -0.25) is 0 Å². The van der Waals surface area contributed by atoms with E-state index in [2.05, 4.69) is 64.8 Å². The minimum absolute atomic E-state index is 0.0894. The van der Waals surface area contributed by atoms with Crippen molar-refractivity contribution in [3.63, 3.8) is 0 Å². The number of ether oxygens (including phenoxy) is 1. The topological polar surface area (TPSA) is 59.1 Å². The first-order valence-electron chi connectivity index (χ1n) is 10.0. The zero-order chi connectivity index (χ0) is 18.7. The SMILES string of the molecule is CC1(C)CC(CCNc2ncnc3c2CCNC3)(c2ccccc2)CCO1. The van der Waals surface area contributed by atoms with Crippen molar-refractivity contribution in [3.05, 3.63) is 53.5 Å². The molecule has 0 bridgehead atoms. The largest absolute Gasteiger partial charge is 0.376 e. The fourth-order valence-corrected chi connectivity index (χ4v) is 4.73. The van der Waals surface area contributed by atoms with Gasteiger partial charge in [0.15, 0.2) is 0 Å². The van der Waals surface area contributed by atoms with Crippen LogP contribution in [0, 0.1) is 0 Å². The molecule has 0 saturated carbocycles. The van der Waals surface area contributed by atoms with Crippen molar-refractivity contribution >= 4 is 5.82 Å². The number of fused-ring (bicyclic) bond motifs is 1. The number of rotatable bonds is 5. The summed E-state index contributed by atoms with van der Waals surface area (Å²) in [5.74, 6) is 1.01. The van der Waals surface area contributed by atoms with E-state index in [0.717, 1.165) is 63.4 Å². The fourth-order valence-electron chi connectivity index (χ4n) is 4.73. The molecule has 2 aromatic rings. The van der Waals surface area contributed by atoms with Crippen molar-refractivity contribution < 1.29 is 4.74 Å². The van der Waals surface area contributed by atoms with E-state index in [0.29, 0.717) is 0 Å². The summed E-state index contributed by atoms with van der Waals surface area (Å²) in [4.78, 5) is 8.95. The van der Waals surface area contributed by atoms with E-state index in [1.165, 1.54) is 11.1 Å². The Hall–Kier alpha value is -1.98. The monoisotopic (exact) mass is 366 g/mol. The summed E-state index contributed by atoms with van der Waals surface area (Å²) in [6.07, 6.45) is 5.84. The Balaban J connectivity index is 1.52. The number of nitrogens with one attached hydrogen (secondary N) is 2. The summed E-state index contributed by atoms with van der Waals surface area (Å²) in [5, 5.41) is 7.00. The Kier molecular flexibility index (Phi) is 5.15. The first-order valence-corrected chi connectivity index (χ1v) is 10.0. The van der Waals surface area contributed by atoms with Crippen LogP contribution in [0.5, 0.6) is 0 Å². The van der Waals surface area contributed by atoms with E-state index >= 15 is 0 Å². The molecule has 3 heterocycles. The molecule has 1 aromatic carbocycles. The van der Waals surface area contributed by atoms with Gasteiger partial charge < -0.3 is 15.4 Å².